The van der Waals surface area contributed by atoms with Gasteiger partial charge in [0.05, 0.1) is 6.54 Å². The normalized spacial score (nSPS) is 10.0. The van der Waals surface area contributed by atoms with E-state index in [1.54, 1.807) is 11.9 Å². The first-order valence-electron chi connectivity index (χ1n) is 4.95. The lowest BCUT2D eigenvalue weighted by atomic mass is 10.2. The molecule has 1 heterocycles. The van der Waals surface area contributed by atoms with Gasteiger partial charge in [0.1, 0.15) is 5.78 Å². The Balaban J connectivity index is 2.36. The molecule has 15 heavy (non-hydrogen) atoms. The van der Waals surface area contributed by atoms with Crippen molar-refractivity contribution in [3.63, 3.8) is 0 Å². The van der Waals surface area contributed by atoms with Gasteiger partial charge in [0.25, 0.3) is 0 Å². The Labute approximate surface area is 89.3 Å². The number of amides is 1. The highest BCUT2D eigenvalue weighted by molar-refractivity contribution is 5.83. The average Bonchev–Trinajstić information content (AvgIpc) is 2.66. The van der Waals surface area contributed by atoms with Gasteiger partial charge >= 0.3 is 0 Å². The van der Waals surface area contributed by atoms with Crippen molar-refractivity contribution in [3.05, 3.63) is 24.0 Å². The van der Waals surface area contributed by atoms with Crippen LogP contribution in [-0.4, -0.2) is 28.6 Å². The number of aromatic amines is 1. The van der Waals surface area contributed by atoms with E-state index in [0.29, 0.717) is 19.4 Å². The summed E-state index contributed by atoms with van der Waals surface area (Å²) in [6.45, 7) is 2.06. The summed E-state index contributed by atoms with van der Waals surface area (Å²) in [7, 11) is 1.74. The molecule has 1 rings (SSSR count). The third kappa shape index (κ3) is 3.97. The van der Waals surface area contributed by atoms with Gasteiger partial charge in [-0.25, -0.2) is 0 Å². The van der Waals surface area contributed by atoms with Gasteiger partial charge in [-0.15, -0.1) is 0 Å². The van der Waals surface area contributed by atoms with Crippen molar-refractivity contribution in [1.82, 2.24) is 9.88 Å². The number of ketones is 1. The number of carbonyl (C=O) groups is 2. The minimum absolute atomic E-state index is 0.000185. The van der Waals surface area contributed by atoms with Crippen molar-refractivity contribution in [3.8, 4) is 0 Å². The molecule has 82 valence electrons. The van der Waals surface area contributed by atoms with Crippen LogP contribution in [0.4, 0.5) is 0 Å². The van der Waals surface area contributed by atoms with E-state index >= 15 is 0 Å². The first kappa shape index (κ1) is 11.5. The standard InChI is InChI=1S/C11H16N2O2/c1-9(14)5-6-11(15)13(2)8-10-4-3-7-12-10/h3-4,7,12H,5-6,8H2,1-2H3. The summed E-state index contributed by atoms with van der Waals surface area (Å²) in [5.41, 5.74) is 0.994. The van der Waals surface area contributed by atoms with E-state index in [1.165, 1.54) is 6.92 Å². The molecule has 0 aliphatic rings. The van der Waals surface area contributed by atoms with Crippen LogP contribution in [0, 0.1) is 0 Å². The van der Waals surface area contributed by atoms with Crippen LogP contribution in [-0.2, 0) is 16.1 Å². The molecular formula is C11H16N2O2. The van der Waals surface area contributed by atoms with Crippen LogP contribution in [0.5, 0.6) is 0 Å². The van der Waals surface area contributed by atoms with E-state index in [2.05, 4.69) is 4.98 Å². The van der Waals surface area contributed by atoms with Gasteiger partial charge in [0.15, 0.2) is 0 Å². The Bertz CT molecular complexity index is 330. The molecule has 0 spiro atoms. The molecule has 0 bridgehead atoms. The van der Waals surface area contributed by atoms with Gasteiger partial charge in [-0.2, -0.15) is 0 Å². The summed E-state index contributed by atoms with van der Waals surface area (Å²) >= 11 is 0. The van der Waals surface area contributed by atoms with E-state index < -0.39 is 0 Å². The number of nitrogens with zero attached hydrogens (tertiary/aromatic N) is 1. The Morgan fingerprint density at radius 1 is 1.40 bits per heavy atom. The fraction of sp³-hybridized carbons (Fsp3) is 0.455. The second-order valence-corrected chi connectivity index (χ2v) is 3.65. The molecule has 0 saturated heterocycles. The van der Waals surface area contributed by atoms with Crippen molar-refractivity contribution < 1.29 is 9.59 Å². The molecule has 1 N–H and O–H groups in total. The van der Waals surface area contributed by atoms with Gasteiger partial charge in [-0.3, -0.25) is 4.79 Å². The molecule has 0 aliphatic heterocycles. The van der Waals surface area contributed by atoms with Crippen molar-refractivity contribution in [2.24, 2.45) is 0 Å². The smallest absolute Gasteiger partial charge is 0.223 e. The van der Waals surface area contributed by atoms with Crippen LogP contribution >= 0.6 is 0 Å². The zero-order chi connectivity index (χ0) is 11.3. The maximum absolute atomic E-state index is 11.5. The maximum Gasteiger partial charge on any atom is 0.223 e. The minimum atomic E-state index is -0.000185. The van der Waals surface area contributed by atoms with Crippen LogP contribution in [0.15, 0.2) is 18.3 Å². The Hall–Kier alpha value is -1.58. The zero-order valence-electron chi connectivity index (χ0n) is 9.12. The summed E-state index contributed by atoms with van der Waals surface area (Å²) in [5, 5.41) is 0. The number of Topliss-reactive ketones (excluding diaryl/α,β-unsaturated/α-hetero) is 1. The number of aromatic nitrogens is 1. The molecular weight excluding hydrogens is 192 g/mol. The lowest BCUT2D eigenvalue weighted by Gasteiger charge is -2.15. The van der Waals surface area contributed by atoms with Crippen molar-refractivity contribution in [1.29, 1.82) is 0 Å². The molecule has 4 heteroatoms. The highest BCUT2D eigenvalue weighted by Gasteiger charge is 2.10. The molecule has 0 aromatic carbocycles. The average molecular weight is 208 g/mol. The fourth-order valence-corrected chi connectivity index (χ4v) is 1.28. The van der Waals surface area contributed by atoms with E-state index in [-0.39, 0.29) is 11.7 Å². The summed E-state index contributed by atoms with van der Waals surface area (Å²) in [5.74, 6) is 0.0522. The molecule has 1 aromatic heterocycles. The number of hydrogen-bond acceptors (Lipinski definition) is 2. The predicted octanol–water partition coefficient (Wildman–Crippen LogP) is 1.34. The molecule has 1 amide bonds. The maximum atomic E-state index is 11.5. The first-order chi connectivity index (χ1) is 7.09. The van der Waals surface area contributed by atoms with Crippen molar-refractivity contribution in [2.75, 3.05) is 7.05 Å². The number of H-pyrrole nitrogens is 1. The molecule has 0 fully saturated rings. The number of nitrogens with one attached hydrogen (secondary N) is 1. The minimum Gasteiger partial charge on any atom is -0.364 e. The van der Waals surface area contributed by atoms with Crippen molar-refractivity contribution >= 4 is 11.7 Å². The molecule has 0 saturated carbocycles. The van der Waals surface area contributed by atoms with Gasteiger partial charge in [0, 0.05) is 31.8 Å². The quantitative estimate of drug-likeness (QED) is 0.794. The topological polar surface area (TPSA) is 53.2 Å². The van der Waals surface area contributed by atoms with Crippen molar-refractivity contribution in [2.45, 2.75) is 26.3 Å². The molecule has 0 aliphatic carbocycles. The SMILES string of the molecule is CC(=O)CCC(=O)N(C)Cc1ccc[nH]1. The molecule has 1 aromatic rings. The largest absolute Gasteiger partial charge is 0.364 e. The number of carbonyl (C=O) groups excluding carboxylic acids is 2. The lowest BCUT2D eigenvalue weighted by Crippen LogP contribution is -2.26. The molecule has 0 unspecified atom stereocenters. The van der Waals surface area contributed by atoms with Crippen LogP contribution in [0.3, 0.4) is 0 Å². The van der Waals surface area contributed by atoms with Gasteiger partial charge in [-0.1, -0.05) is 0 Å². The third-order valence-electron chi connectivity index (χ3n) is 2.19. The number of hydrogen-bond donors (Lipinski definition) is 1. The second kappa shape index (κ2) is 5.34. The van der Waals surface area contributed by atoms with E-state index in [9.17, 15) is 9.59 Å². The van der Waals surface area contributed by atoms with E-state index in [0.717, 1.165) is 5.69 Å². The monoisotopic (exact) mass is 208 g/mol. The van der Waals surface area contributed by atoms with Crippen LogP contribution in [0.25, 0.3) is 0 Å². The second-order valence-electron chi connectivity index (χ2n) is 3.65. The summed E-state index contributed by atoms with van der Waals surface area (Å²) in [6.07, 6.45) is 2.45. The van der Waals surface area contributed by atoms with Crippen LogP contribution in [0.1, 0.15) is 25.5 Å². The number of rotatable bonds is 5. The third-order valence-corrected chi connectivity index (χ3v) is 2.19. The lowest BCUT2D eigenvalue weighted by molar-refractivity contribution is -0.132. The Kier molecular flexibility index (Phi) is 4.09. The van der Waals surface area contributed by atoms with Gasteiger partial charge in [0.2, 0.25) is 5.91 Å². The Morgan fingerprint density at radius 3 is 2.67 bits per heavy atom. The van der Waals surface area contributed by atoms with Gasteiger partial charge in [-0.05, 0) is 19.1 Å². The van der Waals surface area contributed by atoms with Crippen LogP contribution < -0.4 is 0 Å². The van der Waals surface area contributed by atoms with Crippen LogP contribution in [0.2, 0.25) is 0 Å². The predicted molar refractivity (Wildman–Crippen MR) is 57.2 cm³/mol. The molecule has 0 atom stereocenters. The molecule has 0 radical (unpaired) electrons. The summed E-state index contributed by atoms with van der Waals surface area (Å²) < 4.78 is 0. The molecule has 4 nitrogen and oxygen atoms in total. The highest BCUT2D eigenvalue weighted by Crippen LogP contribution is 2.03. The Morgan fingerprint density at radius 2 is 2.13 bits per heavy atom. The van der Waals surface area contributed by atoms with E-state index in [4.69, 9.17) is 0 Å². The fourth-order valence-electron chi connectivity index (χ4n) is 1.28. The zero-order valence-corrected chi connectivity index (χ0v) is 9.12. The summed E-state index contributed by atoms with van der Waals surface area (Å²) in [4.78, 5) is 26.9. The summed E-state index contributed by atoms with van der Waals surface area (Å²) in [6, 6.07) is 3.82. The first-order valence-corrected chi connectivity index (χ1v) is 4.95. The van der Waals surface area contributed by atoms with Gasteiger partial charge < -0.3 is 14.7 Å². The highest BCUT2D eigenvalue weighted by atomic mass is 16.2. The van der Waals surface area contributed by atoms with E-state index in [1.807, 2.05) is 18.3 Å².